The lowest BCUT2D eigenvalue weighted by atomic mass is 9.86. The molecule has 0 bridgehead atoms. The molecule has 0 atom stereocenters. The molecule has 2 heterocycles. The minimum atomic E-state index is 0.943. The molecule has 2 heteroatoms. The van der Waals surface area contributed by atoms with Crippen LogP contribution in [0, 0.1) is 0 Å². The van der Waals surface area contributed by atoms with Crippen LogP contribution >= 0.6 is 11.3 Å². The Kier molecular flexibility index (Phi) is 4.16. The summed E-state index contributed by atoms with van der Waals surface area (Å²) in [6, 6.07) is 41.2. The topological polar surface area (TPSA) is 13.1 Å². The fourth-order valence-corrected chi connectivity index (χ4v) is 6.85. The van der Waals surface area contributed by atoms with Crippen molar-refractivity contribution in [2.45, 2.75) is 0 Å². The highest BCUT2D eigenvalue weighted by Crippen LogP contribution is 2.48. The lowest BCUT2D eigenvalue weighted by molar-refractivity contribution is 0.673. The number of fused-ring (bicyclic) bond motifs is 7. The van der Waals surface area contributed by atoms with Crippen molar-refractivity contribution in [3.63, 3.8) is 0 Å². The van der Waals surface area contributed by atoms with Crippen LogP contribution in [0.5, 0.6) is 0 Å². The van der Waals surface area contributed by atoms with E-state index in [1.807, 2.05) is 6.07 Å². The molecule has 6 aromatic carbocycles. The first kappa shape index (κ1) is 19.9. The van der Waals surface area contributed by atoms with Crippen LogP contribution in [0.25, 0.3) is 75.8 Å². The van der Waals surface area contributed by atoms with Crippen LogP contribution in [0.1, 0.15) is 0 Å². The highest BCUT2D eigenvalue weighted by atomic mass is 32.1. The fraction of sp³-hybridized carbons (Fsp3) is 0. The molecule has 0 N–H and O–H groups in total. The van der Waals surface area contributed by atoms with E-state index in [1.54, 1.807) is 11.3 Å². The molecule has 168 valence electrons. The van der Waals surface area contributed by atoms with E-state index in [2.05, 4.69) is 115 Å². The molecule has 0 aliphatic rings. The van der Waals surface area contributed by atoms with Crippen molar-refractivity contribution in [2.24, 2.45) is 0 Å². The van der Waals surface area contributed by atoms with Gasteiger partial charge in [-0.2, -0.15) is 0 Å². The number of hydrogen-bond acceptors (Lipinski definition) is 2. The highest BCUT2D eigenvalue weighted by molar-refractivity contribution is 7.18. The second kappa shape index (κ2) is 7.55. The molecule has 0 unspecified atom stereocenters. The zero-order valence-corrected chi connectivity index (χ0v) is 20.2. The Hall–Kier alpha value is -4.40. The molecule has 8 aromatic rings. The van der Waals surface area contributed by atoms with Gasteiger partial charge in [-0.05, 0) is 55.7 Å². The van der Waals surface area contributed by atoms with Crippen LogP contribution in [-0.4, -0.2) is 0 Å². The van der Waals surface area contributed by atoms with E-state index >= 15 is 0 Å². The zero-order chi connectivity index (χ0) is 23.6. The molecule has 0 saturated heterocycles. The highest BCUT2D eigenvalue weighted by Gasteiger charge is 2.20. The first-order chi connectivity index (χ1) is 17.9. The molecular weight excluding hydrogens is 456 g/mol. The van der Waals surface area contributed by atoms with E-state index in [0.29, 0.717) is 0 Å². The van der Waals surface area contributed by atoms with Gasteiger partial charge in [0.05, 0.1) is 4.70 Å². The maximum Gasteiger partial charge on any atom is 0.153 e. The van der Waals surface area contributed by atoms with E-state index < -0.39 is 0 Å². The third-order valence-electron chi connectivity index (χ3n) is 7.35. The van der Waals surface area contributed by atoms with Crippen molar-refractivity contribution in [1.82, 2.24) is 0 Å². The maximum atomic E-state index is 6.38. The summed E-state index contributed by atoms with van der Waals surface area (Å²) in [7, 11) is 0. The summed E-state index contributed by atoms with van der Waals surface area (Å²) >= 11 is 1.78. The zero-order valence-electron chi connectivity index (χ0n) is 19.4. The predicted molar refractivity (Wildman–Crippen MR) is 155 cm³/mol. The lowest BCUT2D eigenvalue weighted by Gasteiger charge is -2.17. The van der Waals surface area contributed by atoms with Crippen molar-refractivity contribution < 1.29 is 4.42 Å². The summed E-state index contributed by atoms with van der Waals surface area (Å²) in [5.41, 5.74) is 7.03. The molecule has 0 aliphatic heterocycles. The normalized spacial score (nSPS) is 11.9. The molecule has 2 aromatic heterocycles. The number of para-hydroxylation sites is 1. The summed E-state index contributed by atoms with van der Waals surface area (Å²) in [5.74, 6) is 0. The average Bonchev–Trinajstić information content (AvgIpc) is 3.54. The lowest BCUT2D eigenvalue weighted by Crippen LogP contribution is -1.90. The summed E-state index contributed by atoms with van der Waals surface area (Å²) in [4.78, 5) is 0. The van der Waals surface area contributed by atoms with E-state index in [0.717, 1.165) is 11.2 Å². The van der Waals surface area contributed by atoms with E-state index in [1.165, 1.54) is 64.7 Å². The van der Waals surface area contributed by atoms with Gasteiger partial charge in [0, 0.05) is 21.7 Å². The Labute approximate surface area is 211 Å². The summed E-state index contributed by atoms with van der Waals surface area (Å²) in [5, 5.41) is 11.0. The van der Waals surface area contributed by atoms with E-state index in [9.17, 15) is 0 Å². The minimum Gasteiger partial charge on any atom is -0.455 e. The van der Waals surface area contributed by atoms with Crippen molar-refractivity contribution >= 4 is 64.9 Å². The van der Waals surface area contributed by atoms with Crippen molar-refractivity contribution in [3.8, 4) is 22.3 Å². The number of benzene rings is 6. The monoisotopic (exact) mass is 476 g/mol. The Morgan fingerprint density at radius 2 is 1.00 bits per heavy atom. The third kappa shape index (κ3) is 2.71. The molecular formula is C34H20OS. The fourth-order valence-electron chi connectivity index (χ4n) is 5.80. The van der Waals surface area contributed by atoms with Crippen molar-refractivity contribution in [1.29, 1.82) is 0 Å². The van der Waals surface area contributed by atoms with Gasteiger partial charge in [0.1, 0.15) is 5.58 Å². The number of rotatable bonds is 2. The smallest absolute Gasteiger partial charge is 0.153 e. The Morgan fingerprint density at radius 3 is 1.69 bits per heavy atom. The standard InChI is InChI=1S/C34H20OS/c1-2-10-21(11-3-1)31-23-13-4-6-15-25(23)32(26-16-7-5-14-24(26)31)29-20-36-34-28(29)19-18-27-22-12-8-9-17-30(22)35-33(27)34/h1-20H. The van der Waals surface area contributed by atoms with Gasteiger partial charge in [0.25, 0.3) is 0 Å². The second-order valence-corrected chi connectivity index (χ2v) is 10.2. The van der Waals surface area contributed by atoms with E-state index in [-0.39, 0.29) is 0 Å². The number of furan rings is 1. The van der Waals surface area contributed by atoms with Gasteiger partial charge in [0.15, 0.2) is 5.58 Å². The third-order valence-corrected chi connectivity index (χ3v) is 8.34. The van der Waals surface area contributed by atoms with Gasteiger partial charge < -0.3 is 4.42 Å². The largest absolute Gasteiger partial charge is 0.455 e. The molecule has 1 nitrogen and oxygen atoms in total. The van der Waals surface area contributed by atoms with Gasteiger partial charge in [0.2, 0.25) is 0 Å². The SMILES string of the molecule is c1ccc(-c2c3ccccc3c(-c3csc4c3ccc3c5ccccc5oc34)c3ccccc23)cc1. The molecule has 0 radical (unpaired) electrons. The maximum absolute atomic E-state index is 6.38. The summed E-state index contributed by atoms with van der Waals surface area (Å²) < 4.78 is 7.58. The Morgan fingerprint density at radius 1 is 0.444 bits per heavy atom. The second-order valence-electron chi connectivity index (χ2n) is 9.27. The first-order valence-corrected chi connectivity index (χ1v) is 13.1. The molecule has 36 heavy (non-hydrogen) atoms. The van der Waals surface area contributed by atoms with Crippen LogP contribution in [0.3, 0.4) is 0 Å². The van der Waals surface area contributed by atoms with E-state index in [4.69, 9.17) is 4.42 Å². The van der Waals surface area contributed by atoms with Crippen molar-refractivity contribution in [3.05, 3.63) is 121 Å². The van der Waals surface area contributed by atoms with Crippen LogP contribution in [0.4, 0.5) is 0 Å². The molecule has 0 amide bonds. The molecule has 0 aliphatic carbocycles. The van der Waals surface area contributed by atoms with Crippen molar-refractivity contribution in [2.75, 3.05) is 0 Å². The Bertz CT molecular complexity index is 2040. The average molecular weight is 477 g/mol. The van der Waals surface area contributed by atoms with Crippen LogP contribution in [-0.2, 0) is 0 Å². The number of thiophene rings is 1. The van der Waals surface area contributed by atoms with Gasteiger partial charge >= 0.3 is 0 Å². The Balaban J connectivity index is 1.52. The molecule has 0 spiro atoms. The van der Waals surface area contributed by atoms with Crippen LogP contribution < -0.4 is 0 Å². The van der Waals surface area contributed by atoms with Gasteiger partial charge in [-0.1, -0.05) is 103 Å². The summed E-state index contributed by atoms with van der Waals surface area (Å²) in [6.45, 7) is 0. The van der Waals surface area contributed by atoms with Crippen LogP contribution in [0.2, 0.25) is 0 Å². The van der Waals surface area contributed by atoms with Crippen LogP contribution in [0.15, 0.2) is 125 Å². The first-order valence-electron chi connectivity index (χ1n) is 12.2. The molecule has 0 saturated carbocycles. The minimum absolute atomic E-state index is 0.943. The number of hydrogen-bond donors (Lipinski definition) is 0. The predicted octanol–water partition coefficient (Wildman–Crippen LogP) is 10.4. The molecule has 0 fully saturated rings. The van der Waals surface area contributed by atoms with Gasteiger partial charge in [-0.3, -0.25) is 0 Å². The quantitative estimate of drug-likeness (QED) is 0.226. The van der Waals surface area contributed by atoms with Gasteiger partial charge in [-0.15, -0.1) is 11.3 Å². The van der Waals surface area contributed by atoms with Gasteiger partial charge in [-0.25, -0.2) is 0 Å². The molecule has 8 rings (SSSR count). The summed E-state index contributed by atoms with van der Waals surface area (Å²) in [6.07, 6.45) is 0.